The van der Waals surface area contributed by atoms with E-state index in [9.17, 15) is 13.2 Å². The number of fused-ring (bicyclic) bond motifs is 1. The van der Waals surface area contributed by atoms with Gasteiger partial charge in [0.15, 0.2) is 0 Å². The zero-order valence-electron chi connectivity index (χ0n) is 17.2. The SMILES string of the molecule is CCOc1ccc(S(=O)(=O)Nc2ccc(C(=O)N3CCC4CCCCC43)cc2)cc1. The van der Waals surface area contributed by atoms with Gasteiger partial charge in [0.1, 0.15) is 5.75 Å². The summed E-state index contributed by atoms with van der Waals surface area (Å²) >= 11 is 0. The van der Waals surface area contributed by atoms with Gasteiger partial charge in [-0.1, -0.05) is 12.8 Å². The Kier molecular flexibility index (Phi) is 5.99. The molecule has 2 atom stereocenters. The molecular weight excluding hydrogens is 400 g/mol. The zero-order valence-corrected chi connectivity index (χ0v) is 18.0. The molecule has 1 aliphatic carbocycles. The second kappa shape index (κ2) is 8.68. The van der Waals surface area contributed by atoms with Crippen molar-refractivity contribution in [3.63, 3.8) is 0 Å². The summed E-state index contributed by atoms with van der Waals surface area (Å²) in [6, 6.07) is 13.4. The summed E-state index contributed by atoms with van der Waals surface area (Å²) in [5.41, 5.74) is 1.03. The minimum absolute atomic E-state index is 0.0466. The Morgan fingerprint density at radius 2 is 1.73 bits per heavy atom. The summed E-state index contributed by atoms with van der Waals surface area (Å²) in [5.74, 6) is 1.31. The number of nitrogens with zero attached hydrogens (tertiary/aromatic N) is 1. The van der Waals surface area contributed by atoms with Crippen molar-refractivity contribution in [3.8, 4) is 5.75 Å². The van der Waals surface area contributed by atoms with E-state index in [2.05, 4.69) is 4.72 Å². The fourth-order valence-corrected chi connectivity index (χ4v) is 5.66. The van der Waals surface area contributed by atoms with Crippen molar-refractivity contribution in [1.82, 2.24) is 4.90 Å². The van der Waals surface area contributed by atoms with Crippen LogP contribution in [0.4, 0.5) is 5.69 Å². The Balaban J connectivity index is 1.43. The van der Waals surface area contributed by atoms with Gasteiger partial charge in [-0.15, -0.1) is 0 Å². The van der Waals surface area contributed by atoms with Crippen molar-refractivity contribution in [1.29, 1.82) is 0 Å². The Labute approximate surface area is 178 Å². The first-order valence-corrected chi connectivity index (χ1v) is 12.1. The quantitative estimate of drug-likeness (QED) is 0.745. The first-order valence-electron chi connectivity index (χ1n) is 10.6. The van der Waals surface area contributed by atoms with E-state index in [1.807, 2.05) is 11.8 Å². The molecule has 2 aliphatic rings. The molecule has 2 unspecified atom stereocenters. The average molecular weight is 429 g/mol. The number of carbonyl (C=O) groups excluding carboxylic acids is 1. The van der Waals surface area contributed by atoms with Crippen LogP contribution in [0.15, 0.2) is 53.4 Å². The number of nitrogens with one attached hydrogen (secondary N) is 1. The van der Waals surface area contributed by atoms with E-state index in [-0.39, 0.29) is 10.8 Å². The molecular formula is C23H28N2O4S. The van der Waals surface area contributed by atoms with Crippen LogP contribution in [0, 0.1) is 5.92 Å². The van der Waals surface area contributed by atoms with Gasteiger partial charge in [-0.05, 0) is 80.6 Å². The van der Waals surface area contributed by atoms with Crippen molar-refractivity contribution in [2.75, 3.05) is 17.9 Å². The largest absolute Gasteiger partial charge is 0.494 e. The van der Waals surface area contributed by atoms with Crippen LogP contribution in [0.5, 0.6) is 5.75 Å². The van der Waals surface area contributed by atoms with E-state index in [4.69, 9.17) is 4.74 Å². The van der Waals surface area contributed by atoms with Crippen molar-refractivity contribution < 1.29 is 17.9 Å². The summed E-state index contributed by atoms with van der Waals surface area (Å²) in [6.07, 6.45) is 5.87. The fourth-order valence-electron chi connectivity index (χ4n) is 4.60. The van der Waals surface area contributed by atoms with Crippen molar-refractivity contribution >= 4 is 21.6 Å². The minimum Gasteiger partial charge on any atom is -0.494 e. The molecule has 1 amide bonds. The highest BCUT2D eigenvalue weighted by molar-refractivity contribution is 7.92. The van der Waals surface area contributed by atoms with Crippen LogP contribution in [0.25, 0.3) is 0 Å². The Morgan fingerprint density at radius 3 is 2.43 bits per heavy atom. The molecule has 1 heterocycles. The highest BCUT2D eigenvalue weighted by Crippen LogP contribution is 2.37. The molecule has 7 heteroatoms. The Hall–Kier alpha value is -2.54. The van der Waals surface area contributed by atoms with E-state index in [0.717, 1.165) is 19.4 Å². The second-order valence-electron chi connectivity index (χ2n) is 7.99. The van der Waals surface area contributed by atoms with Gasteiger partial charge in [0, 0.05) is 23.8 Å². The second-order valence-corrected chi connectivity index (χ2v) is 9.67. The minimum atomic E-state index is -3.71. The smallest absolute Gasteiger partial charge is 0.261 e. The van der Waals surface area contributed by atoms with Gasteiger partial charge >= 0.3 is 0 Å². The van der Waals surface area contributed by atoms with Gasteiger partial charge < -0.3 is 9.64 Å². The first kappa shape index (κ1) is 20.7. The van der Waals surface area contributed by atoms with Gasteiger partial charge in [-0.25, -0.2) is 8.42 Å². The van der Waals surface area contributed by atoms with Crippen LogP contribution in [-0.2, 0) is 10.0 Å². The topological polar surface area (TPSA) is 75.7 Å². The number of hydrogen-bond donors (Lipinski definition) is 1. The molecule has 160 valence electrons. The normalized spacial score (nSPS) is 21.2. The Bertz CT molecular complexity index is 987. The van der Waals surface area contributed by atoms with Crippen LogP contribution >= 0.6 is 0 Å². The number of sulfonamides is 1. The predicted molar refractivity (Wildman–Crippen MR) is 116 cm³/mol. The molecule has 0 aromatic heterocycles. The number of anilines is 1. The maximum atomic E-state index is 13.0. The van der Waals surface area contributed by atoms with E-state index < -0.39 is 10.0 Å². The van der Waals surface area contributed by atoms with Gasteiger partial charge in [-0.3, -0.25) is 9.52 Å². The molecule has 6 nitrogen and oxygen atoms in total. The standard InChI is InChI=1S/C23H28N2O4S/c1-2-29-20-11-13-21(14-12-20)30(27,28)24-19-9-7-18(8-10-19)23(26)25-16-15-17-5-3-4-6-22(17)25/h7-14,17,22,24H,2-6,15-16H2,1H3. The van der Waals surface area contributed by atoms with Gasteiger partial charge in [0.2, 0.25) is 0 Å². The number of amides is 1. The summed E-state index contributed by atoms with van der Waals surface area (Å²) in [5, 5.41) is 0. The molecule has 1 saturated heterocycles. The van der Waals surface area contributed by atoms with Gasteiger partial charge in [0.05, 0.1) is 11.5 Å². The molecule has 0 bridgehead atoms. The maximum Gasteiger partial charge on any atom is 0.261 e. The van der Waals surface area contributed by atoms with Gasteiger partial charge in [0.25, 0.3) is 15.9 Å². The van der Waals surface area contributed by atoms with Gasteiger partial charge in [-0.2, -0.15) is 0 Å². The van der Waals surface area contributed by atoms with E-state index in [1.165, 1.54) is 31.4 Å². The maximum absolute atomic E-state index is 13.0. The monoisotopic (exact) mass is 428 g/mol. The number of benzene rings is 2. The highest BCUT2D eigenvalue weighted by Gasteiger charge is 2.38. The third kappa shape index (κ3) is 4.31. The molecule has 4 rings (SSSR count). The molecule has 1 N–H and O–H groups in total. The number of carbonyl (C=O) groups is 1. The van der Waals surface area contributed by atoms with Crippen LogP contribution in [0.3, 0.4) is 0 Å². The fraction of sp³-hybridized carbons (Fsp3) is 0.435. The number of ether oxygens (including phenoxy) is 1. The molecule has 30 heavy (non-hydrogen) atoms. The van der Waals surface area contributed by atoms with Crippen molar-refractivity contribution in [2.45, 2.75) is 50.0 Å². The summed E-state index contributed by atoms with van der Waals surface area (Å²) < 4.78 is 33.2. The summed E-state index contributed by atoms with van der Waals surface area (Å²) in [4.78, 5) is 15.2. The van der Waals surface area contributed by atoms with Crippen LogP contribution < -0.4 is 9.46 Å². The summed E-state index contributed by atoms with van der Waals surface area (Å²) in [7, 11) is -3.71. The molecule has 2 fully saturated rings. The van der Waals surface area contributed by atoms with E-state index in [1.54, 1.807) is 36.4 Å². The van der Waals surface area contributed by atoms with E-state index in [0.29, 0.717) is 35.6 Å². The highest BCUT2D eigenvalue weighted by atomic mass is 32.2. The van der Waals surface area contributed by atoms with Crippen molar-refractivity contribution in [3.05, 3.63) is 54.1 Å². The molecule has 2 aromatic carbocycles. The summed E-state index contributed by atoms with van der Waals surface area (Å²) in [6.45, 7) is 3.21. The lowest BCUT2D eigenvalue weighted by atomic mass is 9.85. The number of rotatable bonds is 6. The first-order chi connectivity index (χ1) is 14.5. The number of likely N-dealkylation sites (tertiary alicyclic amines) is 1. The molecule has 2 aromatic rings. The number of hydrogen-bond acceptors (Lipinski definition) is 4. The molecule has 1 aliphatic heterocycles. The van der Waals surface area contributed by atoms with Crippen LogP contribution in [-0.4, -0.2) is 38.4 Å². The van der Waals surface area contributed by atoms with E-state index >= 15 is 0 Å². The molecule has 1 saturated carbocycles. The van der Waals surface area contributed by atoms with Crippen LogP contribution in [0.2, 0.25) is 0 Å². The third-order valence-corrected chi connectivity index (χ3v) is 7.50. The lowest BCUT2D eigenvalue weighted by molar-refractivity contribution is 0.0690. The third-order valence-electron chi connectivity index (χ3n) is 6.10. The lowest BCUT2D eigenvalue weighted by Crippen LogP contribution is -2.39. The molecule has 0 radical (unpaired) electrons. The predicted octanol–water partition coefficient (Wildman–Crippen LogP) is 4.29. The van der Waals surface area contributed by atoms with Crippen LogP contribution in [0.1, 0.15) is 49.4 Å². The molecule has 0 spiro atoms. The Morgan fingerprint density at radius 1 is 1.03 bits per heavy atom. The van der Waals surface area contributed by atoms with Crippen molar-refractivity contribution in [2.24, 2.45) is 5.92 Å². The zero-order chi connectivity index (χ0) is 21.1. The lowest BCUT2D eigenvalue weighted by Gasteiger charge is -2.31. The average Bonchev–Trinajstić information content (AvgIpc) is 3.18.